The van der Waals surface area contributed by atoms with Gasteiger partial charge in [-0.3, -0.25) is 0 Å². The molecule has 0 fully saturated rings. The van der Waals surface area contributed by atoms with E-state index < -0.39 is 0 Å². The van der Waals surface area contributed by atoms with Crippen LogP contribution < -0.4 is 24.8 Å². The van der Waals surface area contributed by atoms with Crippen LogP contribution in [0.2, 0.25) is 0 Å². The van der Waals surface area contributed by atoms with E-state index in [1.807, 2.05) is 0 Å². The fourth-order valence-electron chi connectivity index (χ4n) is 3.94. The first-order valence-corrected chi connectivity index (χ1v) is 10.3. The van der Waals surface area contributed by atoms with E-state index in [2.05, 4.69) is 132 Å². The van der Waals surface area contributed by atoms with Crippen molar-refractivity contribution in [2.24, 2.45) is 0 Å². The largest absolute Gasteiger partial charge is 4.00 e. The second-order valence-corrected chi connectivity index (χ2v) is 7.54. The molecule has 0 aliphatic carbocycles. The van der Waals surface area contributed by atoms with Crippen LogP contribution >= 0.6 is 0 Å². The van der Waals surface area contributed by atoms with Gasteiger partial charge in [0.25, 0.3) is 0 Å². The minimum Gasteiger partial charge on any atom is -1.00 e. The van der Waals surface area contributed by atoms with E-state index in [1.54, 1.807) is 0 Å². The third kappa shape index (κ3) is 6.36. The average Bonchev–Trinajstić information content (AvgIpc) is 3.54. The molecule has 1 nitrogen and oxygen atoms in total. The first-order valence-electron chi connectivity index (χ1n) is 10.3. The van der Waals surface area contributed by atoms with Gasteiger partial charge in [0, 0.05) is 6.20 Å². The maximum atomic E-state index is 2.25. The van der Waals surface area contributed by atoms with E-state index in [9.17, 15) is 0 Å². The molecule has 4 heteroatoms. The van der Waals surface area contributed by atoms with Gasteiger partial charge in [-0.15, -0.1) is 41.1 Å². The molecular weight excluding hydrogens is 524 g/mol. The van der Waals surface area contributed by atoms with Crippen molar-refractivity contribution < 1.29 is 51.0 Å². The summed E-state index contributed by atoms with van der Waals surface area (Å²) in [6, 6.07) is 42.6. The normalized spacial score (nSPS) is 9.82. The van der Waals surface area contributed by atoms with Crippen LogP contribution in [0.4, 0.5) is 0 Å². The zero-order valence-electron chi connectivity index (χ0n) is 18.0. The minimum absolute atomic E-state index is 0. The molecule has 1 heterocycles. The summed E-state index contributed by atoms with van der Waals surface area (Å²) < 4.78 is 2.25. The van der Waals surface area contributed by atoms with Crippen LogP contribution in [0.1, 0.15) is 11.1 Å². The molecule has 6 rings (SSSR count). The first-order chi connectivity index (χ1) is 14.9. The van der Waals surface area contributed by atoms with E-state index in [4.69, 9.17) is 0 Å². The smallest absolute Gasteiger partial charge is 1.00 e. The van der Waals surface area contributed by atoms with Crippen LogP contribution in [0.25, 0.3) is 27.4 Å². The fraction of sp³-hybridized carbons (Fsp3) is 0.0345. The van der Waals surface area contributed by atoms with Gasteiger partial charge in [-0.05, 0) is 29.6 Å². The number of hydrogen-bond donors (Lipinski definition) is 0. The fourth-order valence-corrected chi connectivity index (χ4v) is 3.94. The molecule has 0 aliphatic heterocycles. The van der Waals surface area contributed by atoms with Crippen LogP contribution in [0.15, 0.2) is 128 Å². The third-order valence-corrected chi connectivity index (χ3v) is 5.46. The maximum absolute atomic E-state index is 2.25. The number of halogens is 2. The third-order valence-electron chi connectivity index (χ3n) is 5.46. The van der Waals surface area contributed by atoms with Crippen molar-refractivity contribution >= 4 is 21.7 Å². The topological polar surface area (TPSA) is 4.93 Å². The molecule has 6 aromatic rings. The van der Waals surface area contributed by atoms with Crippen LogP contribution in [0.3, 0.4) is 0 Å². The van der Waals surface area contributed by atoms with E-state index >= 15 is 0 Å². The molecule has 33 heavy (non-hydrogen) atoms. The summed E-state index contributed by atoms with van der Waals surface area (Å²) in [4.78, 5) is 0. The monoisotopic (exact) mass is 545 g/mol. The van der Waals surface area contributed by atoms with Crippen LogP contribution in [-0.4, -0.2) is 4.57 Å². The summed E-state index contributed by atoms with van der Waals surface area (Å²) in [6.45, 7) is 0. The van der Waals surface area contributed by atoms with E-state index in [1.165, 1.54) is 38.5 Å². The number of rotatable bonds is 3. The molecule has 0 saturated heterocycles. The van der Waals surface area contributed by atoms with Gasteiger partial charge >= 0.3 is 26.2 Å². The number of fused-ring (bicyclic) bond motifs is 2. The minimum atomic E-state index is 0. The van der Waals surface area contributed by atoms with Crippen molar-refractivity contribution in [2.45, 2.75) is 6.42 Å². The molecule has 0 radical (unpaired) electrons. The van der Waals surface area contributed by atoms with Crippen LogP contribution in [-0.2, 0) is 32.6 Å². The van der Waals surface area contributed by atoms with Gasteiger partial charge in [0.1, 0.15) is 0 Å². The molecule has 5 aromatic carbocycles. The Bertz CT molecular complexity index is 1330. The maximum Gasteiger partial charge on any atom is 4.00 e. The SMILES string of the molecule is [Cl-].[Cl-].[Zr+4].c1ccc(C[c-]2cccc2)cc1.c1ccc2[cH-]c(-n3ccc4ccccc43)cc2c1. The first kappa shape index (κ1) is 26.9. The predicted molar refractivity (Wildman–Crippen MR) is 128 cm³/mol. The summed E-state index contributed by atoms with van der Waals surface area (Å²) in [7, 11) is 0. The summed E-state index contributed by atoms with van der Waals surface area (Å²) >= 11 is 0. The predicted octanol–water partition coefficient (Wildman–Crippen LogP) is 1.50. The Morgan fingerprint density at radius 3 is 2.03 bits per heavy atom. The number of para-hydroxylation sites is 1. The van der Waals surface area contributed by atoms with Crippen molar-refractivity contribution in [2.75, 3.05) is 0 Å². The summed E-state index contributed by atoms with van der Waals surface area (Å²) in [5.74, 6) is 0. The number of aromatic nitrogens is 1. The Morgan fingerprint density at radius 1 is 0.667 bits per heavy atom. The van der Waals surface area contributed by atoms with Gasteiger partial charge in [0.15, 0.2) is 0 Å². The van der Waals surface area contributed by atoms with Crippen molar-refractivity contribution in [3.63, 3.8) is 0 Å². The molecule has 0 spiro atoms. The van der Waals surface area contributed by atoms with Crippen LogP contribution in [0.5, 0.6) is 0 Å². The number of hydrogen-bond acceptors (Lipinski definition) is 0. The Balaban J connectivity index is 0.000000229. The Hall–Kier alpha value is -2.38. The molecule has 0 N–H and O–H groups in total. The molecule has 0 aliphatic rings. The molecule has 162 valence electrons. The van der Waals surface area contributed by atoms with Crippen LogP contribution in [0, 0.1) is 0 Å². The van der Waals surface area contributed by atoms with Gasteiger partial charge < -0.3 is 29.4 Å². The van der Waals surface area contributed by atoms with E-state index in [-0.39, 0.29) is 51.0 Å². The second-order valence-electron chi connectivity index (χ2n) is 7.54. The summed E-state index contributed by atoms with van der Waals surface area (Å²) in [5.41, 5.74) is 5.26. The summed E-state index contributed by atoms with van der Waals surface area (Å²) in [5, 5.41) is 3.87. The quantitative estimate of drug-likeness (QED) is 0.296. The van der Waals surface area contributed by atoms with Gasteiger partial charge in [0.05, 0.1) is 5.52 Å². The van der Waals surface area contributed by atoms with Gasteiger partial charge in [-0.2, -0.15) is 17.7 Å². The Labute approximate surface area is 226 Å². The van der Waals surface area contributed by atoms with E-state index in [0.29, 0.717) is 0 Å². The zero-order chi connectivity index (χ0) is 20.2. The van der Waals surface area contributed by atoms with Crippen molar-refractivity contribution in [1.82, 2.24) is 4.57 Å². The zero-order valence-corrected chi connectivity index (χ0v) is 22.0. The molecule has 1 aromatic heterocycles. The molecule has 0 atom stereocenters. The number of nitrogens with zero attached hydrogens (tertiary/aromatic N) is 1. The molecule has 0 bridgehead atoms. The average molecular weight is 548 g/mol. The number of benzene rings is 3. The Morgan fingerprint density at radius 2 is 1.30 bits per heavy atom. The molecule has 0 unspecified atom stereocenters. The van der Waals surface area contributed by atoms with Gasteiger partial charge in [0.2, 0.25) is 0 Å². The Kier molecular flexibility index (Phi) is 10.4. The molecule has 0 saturated carbocycles. The molecular formula is C29H23Cl2NZr. The van der Waals surface area contributed by atoms with Crippen molar-refractivity contribution in [1.29, 1.82) is 0 Å². The molecule has 0 amide bonds. The van der Waals surface area contributed by atoms with Gasteiger partial charge in [-0.25, -0.2) is 12.1 Å². The van der Waals surface area contributed by atoms with E-state index in [0.717, 1.165) is 6.42 Å². The summed E-state index contributed by atoms with van der Waals surface area (Å²) in [6.07, 6.45) is 3.19. The van der Waals surface area contributed by atoms with Crippen molar-refractivity contribution in [3.8, 4) is 5.69 Å². The van der Waals surface area contributed by atoms with Crippen molar-refractivity contribution in [3.05, 3.63) is 139 Å². The van der Waals surface area contributed by atoms with Gasteiger partial charge in [-0.1, -0.05) is 60.2 Å². The standard InChI is InChI=1S/C17H12N.C12H11.2ClH.Zr/c1-2-7-15-12-16(11-14(15)6-1)18-10-9-13-5-3-4-8-17(13)18;1-2-6-11(7-3-1)10-12-8-4-5-9-12;;;/h1-12H;1-9H,10H2;2*1H;/q2*-1;;;+4/p-2. The second kappa shape index (κ2) is 12.8.